The van der Waals surface area contributed by atoms with Gasteiger partial charge in [-0.2, -0.15) is 4.39 Å². The van der Waals surface area contributed by atoms with E-state index >= 15 is 0 Å². The van der Waals surface area contributed by atoms with Crippen molar-refractivity contribution in [2.45, 2.75) is 57.5 Å². The van der Waals surface area contributed by atoms with Gasteiger partial charge in [-0.25, -0.2) is 4.39 Å². The smallest absolute Gasteiger partial charge is 0.201 e. The van der Waals surface area contributed by atoms with Crippen molar-refractivity contribution >= 4 is 0 Å². The molecule has 2 aliphatic rings. The van der Waals surface area contributed by atoms with Crippen LogP contribution in [0.3, 0.4) is 0 Å². The van der Waals surface area contributed by atoms with Gasteiger partial charge in [-0.3, -0.25) is 0 Å². The van der Waals surface area contributed by atoms with Crippen LogP contribution in [-0.2, 0) is 4.74 Å². The predicted octanol–water partition coefficient (Wildman–Crippen LogP) is 6.46. The summed E-state index contributed by atoms with van der Waals surface area (Å²) in [6.07, 6.45) is 7.92. The third-order valence-corrected chi connectivity index (χ3v) is 6.96. The fourth-order valence-corrected chi connectivity index (χ4v) is 5.30. The largest absolute Gasteiger partial charge is 0.494 e. The number of methoxy groups -OCH3 is 1. The monoisotopic (exact) mass is 424 g/mol. The van der Waals surface area contributed by atoms with Crippen LogP contribution < -0.4 is 4.74 Å². The lowest BCUT2D eigenvalue weighted by atomic mass is 9.65. The second-order valence-electron chi connectivity index (χ2n) is 8.74. The minimum absolute atomic E-state index is 0.0309. The van der Waals surface area contributed by atoms with Gasteiger partial charge in [0.25, 0.3) is 0 Å². The van der Waals surface area contributed by atoms with Crippen molar-refractivity contribution in [3.05, 3.63) is 64.7 Å². The highest BCUT2D eigenvalue weighted by Crippen LogP contribution is 2.46. The molecule has 2 nitrogen and oxygen atoms in total. The van der Waals surface area contributed by atoms with E-state index in [1.54, 1.807) is 0 Å². The summed E-state index contributed by atoms with van der Waals surface area (Å²) in [4.78, 5) is 0. The molecule has 4 atom stereocenters. The topological polar surface area (TPSA) is 18.5 Å². The van der Waals surface area contributed by atoms with Crippen LogP contribution in [0.1, 0.15) is 68.1 Å². The Bertz CT molecular complexity index is 958. The molecule has 2 saturated carbocycles. The lowest BCUT2D eigenvalue weighted by Gasteiger charge is -2.42. The van der Waals surface area contributed by atoms with Crippen molar-refractivity contribution in [3.8, 4) is 17.6 Å². The van der Waals surface area contributed by atoms with E-state index in [-0.39, 0.29) is 11.3 Å². The van der Waals surface area contributed by atoms with E-state index in [4.69, 9.17) is 9.47 Å². The van der Waals surface area contributed by atoms with E-state index < -0.39 is 11.6 Å². The SMILES string of the molecule is CCOC1CCC2CC(c3ccc(C#Cc4ccc(OC)c(F)c4F)cc3)CCC2C1. The van der Waals surface area contributed by atoms with E-state index in [9.17, 15) is 8.78 Å². The number of fused-ring (bicyclic) bond motifs is 1. The third kappa shape index (κ3) is 4.93. The Kier molecular flexibility index (Phi) is 6.92. The number of ether oxygens (including phenoxy) is 2. The maximum atomic E-state index is 14.1. The molecule has 0 bridgehead atoms. The Morgan fingerprint density at radius 1 is 0.871 bits per heavy atom. The standard InChI is InChI=1S/C27H30F2O2/c1-3-31-24-14-12-22-16-21(10-11-23(22)17-24)19-7-4-18(5-8-19)6-9-20-13-15-25(30-2)27(29)26(20)28/h4-5,7-8,13,15,21-24H,3,10-12,14,16-17H2,1-2H3. The van der Waals surface area contributed by atoms with Crippen LogP contribution in [0.15, 0.2) is 36.4 Å². The van der Waals surface area contributed by atoms with Crippen LogP contribution in [0.4, 0.5) is 8.78 Å². The van der Waals surface area contributed by atoms with Crippen LogP contribution >= 0.6 is 0 Å². The molecule has 0 amide bonds. The molecule has 2 aromatic carbocycles. The molecule has 4 unspecified atom stereocenters. The van der Waals surface area contributed by atoms with E-state index in [2.05, 4.69) is 30.9 Å². The van der Waals surface area contributed by atoms with E-state index in [0.717, 1.165) is 24.0 Å². The van der Waals surface area contributed by atoms with Crippen LogP contribution in [0, 0.1) is 35.3 Å². The summed E-state index contributed by atoms with van der Waals surface area (Å²) >= 11 is 0. The Labute approximate surface area is 184 Å². The van der Waals surface area contributed by atoms with Crippen molar-refractivity contribution in [1.29, 1.82) is 0 Å². The molecule has 4 heteroatoms. The normalized spacial score (nSPS) is 25.3. The van der Waals surface area contributed by atoms with Crippen molar-refractivity contribution in [2.24, 2.45) is 11.8 Å². The minimum Gasteiger partial charge on any atom is -0.494 e. The van der Waals surface area contributed by atoms with Gasteiger partial charge in [-0.15, -0.1) is 0 Å². The van der Waals surface area contributed by atoms with Gasteiger partial charge in [-0.1, -0.05) is 24.0 Å². The zero-order valence-electron chi connectivity index (χ0n) is 18.3. The lowest BCUT2D eigenvalue weighted by molar-refractivity contribution is -0.00955. The Hall–Kier alpha value is -2.38. The molecule has 31 heavy (non-hydrogen) atoms. The second kappa shape index (κ2) is 9.83. The van der Waals surface area contributed by atoms with E-state index in [1.165, 1.54) is 63.3 Å². The first-order valence-electron chi connectivity index (χ1n) is 11.3. The fourth-order valence-electron chi connectivity index (χ4n) is 5.30. The molecule has 164 valence electrons. The first-order valence-corrected chi connectivity index (χ1v) is 11.3. The number of hydrogen-bond acceptors (Lipinski definition) is 2. The molecule has 0 heterocycles. The Morgan fingerprint density at radius 3 is 2.35 bits per heavy atom. The quantitative estimate of drug-likeness (QED) is 0.524. The Morgan fingerprint density at radius 2 is 1.61 bits per heavy atom. The molecular formula is C27H30F2O2. The van der Waals surface area contributed by atoms with Crippen LogP contribution in [0.25, 0.3) is 0 Å². The molecule has 0 aromatic heterocycles. The van der Waals surface area contributed by atoms with Crippen molar-refractivity contribution in [1.82, 2.24) is 0 Å². The van der Waals surface area contributed by atoms with E-state index in [0.29, 0.717) is 12.0 Å². The number of benzene rings is 2. The summed E-state index contributed by atoms with van der Waals surface area (Å²) in [5.41, 5.74) is 2.19. The zero-order valence-corrected chi connectivity index (χ0v) is 18.3. The second-order valence-corrected chi connectivity index (χ2v) is 8.74. The summed E-state index contributed by atoms with van der Waals surface area (Å²) in [6, 6.07) is 11.1. The first kappa shape index (κ1) is 21.8. The fraction of sp³-hybridized carbons (Fsp3) is 0.481. The average Bonchev–Trinajstić information content (AvgIpc) is 2.80. The number of halogens is 2. The highest BCUT2D eigenvalue weighted by molar-refractivity contribution is 5.46. The maximum absolute atomic E-state index is 14.1. The van der Waals surface area contributed by atoms with Crippen LogP contribution in [0.2, 0.25) is 0 Å². The molecule has 0 saturated heterocycles. The van der Waals surface area contributed by atoms with E-state index in [1.807, 2.05) is 12.1 Å². The summed E-state index contributed by atoms with van der Waals surface area (Å²) in [5, 5.41) is 0. The zero-order chi connectivity index (χ0) is 21.8. The molecule has 2 aliphatic carbocycles. The summed E-state index contributed by atoms with van der Waals surface area (Å²) in [7, 11) is 1.31. The molecule has 0 spiro atoms. The maximum Gasteiger partial charge on any atom is 0.201 e. The van der Waals surface area contributed by atoms with Gasteiger partial charge in [0.05, 0.1) is 18.8 Å². The van der Waals surface area contributed by atoms with Gasteiger partial charge in [0, 0.05) is 12.2 Å². The van der Waals surface area contributed by atoms with Crippen molar-refractivity contribution in [3.63, 3.8) is 0 Å². The predicted molar refractivity (Wildman–Crippen MR) is 118 cm³/mol. The van der Waals surface area contributed by atoms with Crippen LogP contribution in [0.5, 0.6) is 5.75 Å². The minimum atomic E-state index is -1.00. The number of hydrogen-bond donors (Lipinski definition) is 0. The Balaban J connectivity index is 1.40. The lowest BCUT2D eigenvalue weighted by Crippen LogP contribution is -2.33. The summed E-state index contributed by atoms with van der Waals surface area (Å²) in [5.74, 6) is 5.81. The van der Waals surface area contributed by atoms with Crippen molar-refractivity contribution in [2.75, 3.05) is 13.7 Å². The molecule has 2 aromatic rings. The van der Waals surface area contributed by atoms with Gasteiger partial charge in [0.1, 0.15) is 0 Å². The molecular weight excluding hydrogens is 394 g/mol. The van der Waals surface area contributed by atoms with Crippen molar-refractivity contribution < 1.29 is 18.3 Å². The average molecular weight is 425 g/mol. The molecule has 2 fully saturated rings. The van der Waals surface area contributed by atoms with Crippen LogP contribution in [-0.4, -0.2) is 19.8 Å². The van der Waals surface area contributed by atoms with Gasteiger partial charge in [0.15, 0.2) is 11.6 Å². The van der Waals surface area contributed by atoms with Gasteiger partial charge in [-0.05, 0) is 93.0 Å². The number of rotatable bonds is 4. The van der Waals surface area contributed by atoms with Gasteiger partial charge >= 0.3 is 0 Å². The molecule has 0 radical (unpaired) electrons. The first-order chi connectivity index (χ1) is 15.1. The highest BCUT2D eigenvalue weighted by atomic mass is 19.2. The molecule has 0 aliphatic heterocycles. The van der Waals surface area contributed by atoms with Gasteiger partial charge in [0.2, 0.25) is 5.82 Å². The summed E-state index contributed by atoms with van der Waals surface area (Å²) < 4.78 is 38.6. The summed E-state index contributed by atoms with van der Waals surface area (Å²) in [6.45, 7) is 2.91. The molecule has 4 rings (SSSR count). The third-order valence-electron chi connectivity index (χ3n) is 6.96. The van der Waals surface area contributed by atoms with Gasteiger partial charge < -0.3 is 9.47 Å². The molecule has 0 N–H and O–H groups in total. The highest BCUT2D eigenvalue weighted by Gasteiger charge is 2.36.